The van der Waals surface area contributed by atoms with Gasteiger partial charge in [-0.1, -0.05) is 81.5 Å². The third-order valence-corrected chi connectivity index (χ3v) is 11.5. The maximum Gasteiger partial charge on any atom is 0.302 e. The number of rotatable bonds is 6. The summed E-state index contributed by atoms with van der Waals surface area (Å²) in [5, 5.41) is 0. The van der Waals surface area contributed by atoms with Gasteiger partial charge in [-0.3, -0.25) is 4.79 Å². The summed E-state index contributed by atoms with van der Waals surface area (Å²) in [5.41, 5.74) is 2.38. The van der Waals surface area contributed by atoms with E-state index in [0.717, 1.165) is 48.3 Å². The summed E-state index contributed by atoms with van der Waals surface area (Å²) in [6.07, 6.45) is 15.6. The van der Waals surface area contributed by atoms with Crippen LogP contribution < -0.4 is 0 Å². The third kappa shape index (κ3) is 4.38. The van der Waals surface area contributed by atoms with Crippen LogP contribution in [0.5, 0.6) is 0 Å². The van der Waals surface area contributed by atoms with Crippen molar-refractivity contribution < 1.29 is 9.53 Å². The number of halogens is 1. The fourth-order valence-corrected chi connectivity index (χ4v) is 9.99. The van der Waals surface area contributed by atoms with E-state index in [9.17, 15) is 4.79 Å². The van der Waals surface area contributed by atoms with Crippen molar-refractivity contribution >= 4 is 21.9 Å². The van der Waals surface area contributed by atoms with Crippen LogP contribution >= 0.6 is 15.9 Å². The summed E-state index contributed by atoms with van der Waals surface area (Å²) < 4.78 is 5.63. The standard InChI is InChI=1S/C29H47BrO2/c1-18(2)8-7-9-19(3)23-10-11-24-27-25(13-15-29(23,24)6)28(5)14-12-22(32-20(4)31)16-21(28)17-26(27)30/h17-19,22-27H,7-16H2,1-6H3/t19-,22-,23-,24+,25+,26-,27+,28+,29-/m1/s1. The van der Waals surface area contributed by atoms with Gasteiger partial charge in [0.05, 0.1) is 0 Å². The van der Waals surface area contributed by atoms with Gasteiger partial charge in [0, 0.05) is 18.2 Å². The molecule has 0 spiro atoms. The van der Waals surface area contributed by atoms with E-state index in [-0.39, 0.29) is 12.1 Å². The van der Waals surface area contributed by atoms with Crippen LogP contribution in [0, 0.1) is 46.3 Å². The normalized spacial score (nSPS) is 44.3. The minimum Gasteiger partial charge on any atom is -0.462 e. The van der Waals surface area contributed by atoms with E-state index in [1.54, 1.807) is 12.5 Å². The van der Waals surface area contributed by atoms with Gasteiger partial charge in [-0.05, 0) is 84.9 Å². The first-order chi connectivity index (χ1) is 15.1. The lowest BCUT2D eigenvalue weighted by Gasteiger charge is -2.59. The van der Waals surface area contributed by atoms with E-state index in [2.05, 4.69) is 56.6 Å². The molecule has 0 aliphatic heterocycles. The van der Waals surface area contributed by atoms with Gasteiger partial charge in [0.15, 0.2) is 0 Å². The van der Waals surface area contributed by atoms with Crippen LogP contribution in [-0.2, 0) is 9.53 Å². The van der Waals surface area contributed by atoms with Gasteiger partial charge < -0.3 is 4.74 Å². The van der Waals surface area contributed by atoms with Crippen LogP contribution in [0.15, 0.2) is 11.6 Å². The number of esters is 1. The molecule has 182 valence electrons. The zero-order chi connectivity index (χ0) is 23.3. The van der Waals surface area contributed by atoms with Gasteiger partial charge in [0.1, 0.15) is 6.10 Å². The van der Waals surface area contributed by atoms with E-state index in [0.29, 0.717) is 15.7 Å². The van der Waals surface area contributed by atoms with Gasteiger partial charge in [-0.2, -0.15) is 0 Å². The summed E-state index contributed by atoms with van der Waals surface area (Å²) >= 11 is 4.18. The van der Waals surface area contributed by atoms with Crippen molar-refractivity contribution in [3.63, 3.8) is 0 Å². The lowest BCUT2D eigenvalue weighted by Crippen LogP contribution is -2.54. The van der Waals surface area contributed by atoms with Crippen LogP contribution in [-0.4, -0.2) is 16.9 Å². The van der Waals surface area contributed by atoms with Crippen LogP contribution in [0.1, 0.15) is 106 Å². The smallest absolute Gasteiger partial charge is 0.302 e. The van der Waals surface area contributed by atoms with E-state index < -0.39 is 0 Å². The Morgan fingerprint density at radius 3 is 2.53 bits per heavy atom. The summed E-state index contributed by atoms with van der Waals surface area (Å²) in [7, 11) is 0. The maximum absolute atomic E-state index is 11.5. The fraction of sp³-hybridized carbons (Fsp3) is 0.897. The number of hydrogen-bond donors (Lipinski definition) is 0. The molecule has 0 aromatic carbocycles. The Hall–Kier alpha value is -0.310. The first kappa shape index (κ1) is 24.8. The molecule has 9 atom stereocenters. The van der Waals surface area contributed by atoms with E-state index in [1.807, 2.05) is 0 Å². The summed E-state index contributed by atoms with van der Waals surface area (Å²) in [6, 6.07) is 0. The Labute approximate surface area is 205 Å². The zero-order valence-electron chi connectivity index (χ0n) is 21.5. The molecule has 0 radical (unpaired) electrons. The molecule has 0 aromatic heterocycles. The summed E-state index contributed by atoms with van der Waals surface area (Å²) in [6.45, 7) is 14.0. The molecule has 32 heavy (non-hydrogen) atoms. The van der Waals surface area contributed by atoms with Gasteiger partial charge in [-0.25, -0.2) is 0 Å². The maximum atomic E-state index is 11.5. The van der Waals surface area contributed by atoms with Crippen LogP contribution in [0.3, 0.4) is 0 Å². The molecule has 0 N–H and O–H groups in total. The van der Waals surface area contributed by atoms with Crippen LogP contribution in [0.25, 0.3) is 0 Å². The van der Waals surface area contributed by atoms with Gasteiger partial charge in [-0.15, -0.1) is 0 Å². The van der Waals surface area contributed by atoms with Crippen molar-refractivity contribution in [1.29, 1.82) is 0 Å². The monoisotopic (exact) mass is 506 g/mol. The van der Waals surface area contributed by atoms with Crippen LogP contribution in [0.4, 0.5) is 0 Å². The second kappa shape index (κ2) is 9.38. The Bertz CT molecular complexity index is 729. The topological polar surface area (TPSA) is 26.3 Å². The Morgan fingerprint density at radius 1 is 1.09 bits per heavy atom. The lowest BCUT2D eigenvalue weighted by molar-refractivity contribution is -0.148. The molecule has 4 aliphatic rings. The van der Waals surface area contributed by atoms with Gasteiger partial charge >= 0.3 is 5.97 Å². The second-order valence-electron chi connectivity index (χ2n) is 12.8. The summed E-state index contributed by atoms with van der Waals surface area (Å²) in [4.78, 5) is 12.0. The Balaban J connectivity index is 1.51. The molecule has 0 aromatic rings. The molecular weight excluding hydrogens is 460 g/mol. The molecule has 4 rings (SSSR count). The first-order valence-corrected chi connectivity index (χ1v) is 14.5. The number of ether oxygens (including phenoxy) is 1. The van der Waals surface area contributed by atoms with Crippen LogP contribution in [0.2, 0.25) is 0 Å². The molecule has 0 bridgehead atoms. The van der Waals surface area contributed by atoms with Crippen molar-refractivity contribution in [2.24, 2.45) is 46.3 Å². The minimum absolute atomic E-state index is 0.0829. The molecule has 0 heterocycles. The van der Waals surface area contributed by atoms with Gasteiger partial charge in [0.25, 0.3) is 0 Å². The molecule has 2 nitrogen and oxygen atoms in total. The van der Waals surface area contributed by atoms with Crippen molar-refractivity contribution in [1.82, 2.24) is 0 Å². The average Bonchev–Trinajstić information content (AvgIpc) is 3.05. The highest BCUT2D eigenvalue weighted by Gasteiger charge is 2.61. The molecule has 4 aliphatic carbocycles. The van der Waals surface area contributed by atoms with E-state index in [4.69, 9.17) is 4.74 Å². The third-order valence-electron chi connectivity index (χ3n) is 10.6. The zero-order valence-corrected chi connectivity index (χ0v) is 23.0. The minimum atomic E-state index is -0.128. The van der Waals surface area contributed by atoms with Gasteiger partial charge in [0.2, 0.25) is 0 Å². The molecule has 3 heteroatoms. The fourth-order valence-electron chi connectivity index (χ4n) is 8.93. The highest BCUT2D eigenvalue weighted by molar-refractivity contribution is 9.09. The molecule has 0 unspecified atom stereocenters. The molecule has 3 fully saturated rings. The average molecular weight is 508 g/mol. The number of alkyl halides is 1. The summed E-state index contributed by atoms with van der Waals surface area (Å²) in [5.74, 6) is 4.86. The Kier molecular flexibility index (Phi) is 7.27. The quantitative estimate of drug-likeness (QED) is 0.205. The predicted octanol–water partition coefficient (Wildman–Crippen LogP) is 8.33. The number of allylic oxidation sites excluding steroid dienone is 1. The lowest BCUT2D eigenvalue weighted by atomic mass is 9.47. The number of carbonyl (C=O) groups excluding carboxylic acids is 1. The molecule has 0 amide bonds. The highest BCUT2D eigenvalue weighted by atomic mass is 79.9. The molecule has 0 saturated heterocycles. The number of hydrogen-bond acceptors (Lipinski definition) is 2. The molecule has 3 saturated carbocycles. The highest BCUT2D eigenvalue weighted by Crippen LogP contribution is 2.68. The number of fused-ring (bicyclic) bond motifs is 5. The first-order valence-electron chi connectivity index (χ1n) is 13.6. The largest absolute Gasteiger partial charge is 0.462 e. The van der Waals surface area contributed by atoms with E-state index in [1.165, 1.54) is 51.4 Å². The number of carbonyl (C=O) groups is 1. The Morgan fingerprint density at radius 2 is 1.84 bits per heavy atom. The van der Waals surface area contributed by atoms with Crippen molar-refractivity contribution in [3.8, 4) is 0 Å². The van der Waals surface area contributed by atoms with Crippen molar-refractivity contribution in [2.75, 3.05) is 0 Å². The SMILES string of the molecule is CC(=O)O[C@@H]1CC[C@@]2(C)C(=C[C@@H](Br)[C@H]3[C@@H]4CC[C@H]([C@H](C)CCCC(C)C)[C@@]4(C)CC[C@@H]32)C1. The molecular formula is C29H47BrO2. The van der Waals surface area contributed by atoms with Crippen molar-refractivity contribution in [2.45, 2.75) is 117 Å². The second-order valence-corrected chi connectivity index (χ2v) is 13.9. The van der Waals surface area contributed by atoms with E-state index >= 15 is 0 Å². The predicted molar refractivity (Wildman–Crippen MR) is 137 cm³/mol. The van der Waals surface area contributed by atoms with Crippen molar-refractivity contribution in [3.05, 3.63) is 11.6 Å².